The van der Waals surface area contributed by atoms with Crippen molar-refractivity contribution in [3.05, 3.63) is 59.7 Å². The third-order valence-electron chi connectivity index (χ3n) is 4.09. The molecule has 2 rings (SSSR count). The number of rotatable bonds is 7. The summed E-state index contributed by atoms with van der Waals surface area (Å²) in [7, 11) is 1.66. The molecule has 1 atom stereocenters. The molecule has 0 radical (unpaired) electrons. The van der Waals surface area contributed by atoms with Crippen LogP contribution in [0.15, 0.2) is 48.5 Å². The van der Waals surface area contributed by atoms with E-state index in [4.69, 9.17) is 4.74 Å². The Hall–Kier alpha value is -2.53. The molecule has 1 unspecified atom stereocenters. The number of aromatic hydroxyl groups is 1. The van der Waals surface area contributed by atoms with Crippen molar-refractivity contribution in [2.45, 2.75) is 32.9 Å². The summed E-state index contributed by atoms with van der Waals surface area (Å²) < 4.78 is 5.32. The largest absolute Gasteiger partial charge is 0.508 e. The number of carbonyl (C=O) groups excluding carboxylic acids is 1. The van der Waals surface area contributed by atoms with E-state index in [0.717, 1.165) is 23.2 Å². The topological polar surface area (TPSA) is 61.8 Å². The monoisotopic (exact) mass is 342 g/mol. The van der Waals surface area contributed by atoms with Gasteiger partial charge in [-0.3, -0.25) is 0 Å². The highest BCUT2D eigenvalue weighted by Gasteiger charge is 2.15. The molecule has 0 fully saturated rings. The summed E-state index contributed by atoms with van der Waals surface area (Å²) in [4.78, 5) is 14.4. The number of ether oxygens (including phenoxy) is 1. The van der Waals surface area contributed by atoms with Gasteiger partial charge in [0.25, 0.3) is 0 Å². The summed E-state index contributed by atoms with van der Waals surface area (Å²) >= 11 is 0. The molecule has 2 aromatic carbocycles. The van der Waals surface area contributed by atoms with Crippen molar-refractivity contribution < 1.29 is 14.6 Å². The van der Waals surface area contributed by atoms with Crippen LogP contribution in [-0.2, 0) is 11.3 Å². The molecule has 0 spiro atoms. The van der Waals surface area contributed by atoms with Crippen molar-refractivity contribution in [2.24, 2.45) is 0 Å². The molecule has 0 aliphatic heterocycles. The highest BCUT2D eigenvalue weighted by atomic mass is 16.5. The van der Waals surface area contributed by atoms with Gasteiger partial charge in [0.1, 0.15) is 5.75 Å². The summed E-state index contributed by atoms with van der Waals surface area (Å²) in [5, 5.41) is 12.9. The van der Waals surface area contributed by atoms with E-state index in [1.807, 2.05) is 50.2 Å². The zero-order valence-electron chi connectivity index (χ0n) is 15.0. The van der Waals surface area contributed by atoms with Gasteiger partial charge in [0.15, 0.2) is 0 Å². The van der Waals surface area contributed by atoms with Crippen LogP contribution in [0.4, 0.5) is 10.5 Å². The van der Waals surface area contributed by atoms with E-state index in [9.17, 15) is 9.90 Å². The molecule has 0 bridgehead atoms. The summed E-state index contributed by atoms with van der Waals surface area (Å²) in [5.74, 6) is 0.201. The normalized spacial score (nSPS) is 11.8. The maximum atomic E-state index is 12.7. The minimum absolute atomic E-state index is 0.0372. The van der Waals surface area contributed by atoms with E-state index in [1.54, 1.807) is 24.1 Å². The molecule has 0 saturated heterocycles. The molecule has 5 nitrogen and oxygen atoms in total. The zero-order valence-corrected chi connectivity index (χ0v) is 15.0. The van der Waals surface area contributed by atoms with Gasteiger partial charge in [-0.15, -0.1) is 0 Å². The number of phenols is 1. The molecule has 5 heteroatoms. The van der Waals surface area contributed by atoms with E-state index >= 15 is 0 Å². The second-order valence-electron chi connectivity index (χ2n) is 5.98. The molecule has 25 heavy (non-hydrogen) atoms. The number of methoxy groups -OCH3 is 1. The third-order valence-corrected chi connectivity index (χ3v) is 4.09. The van der Waals surface area contributed by atoms with E-state index in [1.165, 1.54) is 0 Å². The van der Waals surface area contributed by atoms with E-state index in [0.29, 0.717) is 13.1 Å². The Balaban J connectivity index is 2.11. The van der Waals surface area contributed by atoms with Crippen LogP contribution in [0.5, 0.6) is 5.75 Å². The van der Waals surface area contributed by atoms with Crippen molar-refractivity contribution in [3.63, 3.8) is 0 Å². The van der Waals surface area contributed by atoms with Crippen LogP contribution in [0.1, 0.15) is 37.5 Å². The number of nitrogens with zero attached hydrogens (tertiary/aromatic N) is 1. The first kappa shape index (κ1) is 18.8. The SMILES string of the molecule is CCCN(Cc1ccccc1O)C(=O)Nc1cccc(C(C)OC)c1. The second-order valence-corrected chi connectivity index (χ2v) is 5.98. The molecule has 2 N–H and O–H groups in total. The van der Waals surface area contributed by atoms with Crippen LogP contribution in [0.3, 0.4) is 0 Å². The number of amides is 2. The van der Waals surface area contributed by atoms with Crippen molar-refractivity contribution >= 4 is 11.7 Å². The van der Waals surface area contributed by atoms with Crippen LogP contribution in [0, 0.1) is 0 Å². The molecule has 2 aromatic rings. The third kappa shape index (κ3) is 5.22. The Morgan fingerprint density at radius 3 is 2.68 bits per heavy atom. The standard InChI is InChI=1S/C20H26N2O3/c1-4-12-22(14-17-8-5-6-11-19(17)23)20(24)21-18-10-7-9-16(13-18)15(2)25-3/h5-11,13,15,23H,4,12,14H2,1-3H3,(H,21,24). The van der Waals surface area contributed by atoms with Gasteiger partial charge in [-0.25, -0.2) is 4.79 Å². The molecular weight excluding hydrogens is 316 g/mol. The lowest BCUT2D eigenvalue weighted by Crippen LogP contribution is -2.35. The number of hydrogen-bond donors (Lipinski definition) is 2. The van der Waals surface area contributed by atoms with Crippen LogP contribution >= 0.6 is 0 Å². The van der Waals surface area contributed by atoms with Crippen molar-refractivity contribution in [3.8, 4) is 5.75 Å². The van der Waals surface area contributed by atoms with Crippen molar-refractivity contribution in [2.75, 3.05) is 19.0 Å². The first-order valence-corrected chi connectivity index (χ1v) is 8.50. The lowest BCUT2D eigenvalue weighted by Gasteiger charge is -2.23. The highest BCUT2D eigenvalue weighted by Crippen LogP contribution is 2.21. The van der Waals surface area contributed by atoms with Crippen LogP contribution in [0.25, 0.3) is 0 Å². The van der Waals surface area contributed by atoms with Gasteiger partial charge in [0.2, 0.25) is 0 Å². The quantitative estimate of drug-likeness (QED) is 0.776. The molecule has 0 heterocycles. The zero-order chi connectivity index (χ0) is 18.2. The van der Waals surface area contributed by atoms with E-state index in [2.05, 4.69) is 5.32 Å². The fraction of sp³-hybridized carbons (Fsp3) is 0.350. The second kappa shape index (κ2) is 9.08. The number of para-hydroxylation sites is 1. The Morgan fingerprint density at radius 2 is 2.00 bits per heavy atom. The molecule has 0 aliphatic carbocycles. The number of carbonyl (C=O) groups is 1. The Labute approximate surface area is 149 Å². The average molecular weight is 342 g/mol. The minimum atomic E-state index is -0.188. The summed E-state index contributed by atoms with van der Waals surface area (Å²) in [6.07, 6.45) is 0.798. The van der Waals surface area contributed by atoms with Crippen LogP contribution in [0.2, 0.25) is 0 Å². The van der Waals surface area contributed by atoms with Crippen molar-refractivity contribution in [1.29, 1.82) is 0 Å². The van der Waals surface area contributed by atoms with Gasteiger partial charge in [-0.2, -0.15) is 0 Å². The van der Waals surface area contributed by atoms with Gasteiger partial charge in [-0.05, 0) is 37.1 Å². The Kier molecular flexibility index (Phi) is 6.83. The van der Waals surface area contributed by atoms with Gasteiger partial charge in [0.05, 0.1) is 12.6 Å². The highest BCUT2D eigenvalue weighted by molar-refractivity contribution is 5.89. The fourth-order valence-electron chi connectivity index (χ4n) is 2.58. The van der Waals surface area contributed by atoms with E-state index in [-0.39, 0.29) is 17.9 Å². The van der Waals surface area contributed by atoms with Crippen LogP contribution < -0.4 is 5.32 Å². The summed E-state index contributed by atoms with van der Waals surface area (Å²) in [6, 6.07) is 14.5. The maximum Gasteiger partial charge on any atom is 0.322 e. The van der Waals surface area contributed by atoms with Crippen molar-refractivity contribution in [1.82, 2.24) is 4.90 Å². The Bertz CT molecular complexity index is 703. The van der Waals surface area contributed by atoms with Gasteiger partial charge in [-0.1, -0.05) is 37.3 Å². The predicted molar refractivity (Wildman–Crippen MR) is 99.7 cm³/mol. The molecule has 0 aliphatic rings. The summed E-state index contributed by atoms with van der Waals surface area (Å²) in [5.41, 5.74) is 2.46. The fourth-order valence-corrected chi connectivity index (χ4v) is 2.58. The smallest absolute Gasteiger partial charge is 0.322 e. The molecule has 134 valence electrons. The number of urea groups is 1. The predicted octanol–water partition coefficient (Wildman–Crippen LogP) is 4.54. The Morgan fingerprint density at radius 1 is 1.24 bits per heavy atom. The minimum Gasteiger partial charge on any atom is -0.508 e. The molecule has 2 amide bonds. The number of hydrogen-bond acceptors (Lipinski definition) is 3. The maximum absolute atomic E-state index is 12.7. The molecule has 0 aromatic heterocycles. The summed E-state index contributed by atoms with van der Waals surface area (Å²) in [6.45, 7) is 4.95. The van der Waals surface area contributed by atoms with E-state index < -0.39 is 0 Å². The van der Waals surface area contributed by atoms with Gasteiger partial charge in [0, 0.05) is 24.9 Å². The number of phenolic OH excluding ortho intramolecular Hbond substituents is 1. The number of anilines is 1. The molecule has 0 saturated carbocycles. The first-order chi connectivity index (χ1) is 12.0. The van der Waals surface area contributed by atoms with Gasteiger partial charge < -0.3 is 20.1 Å². The molecular formula is C20H26N2O3. The van der Waals surface area contributed by atoms with Crippen LogP contribution in [-0.4, -0.2) is 29.7 Å². The number of nitrogens with one attached hydrogen (secondary N) is 1. The van der Waals surface area contributed by atoms with Gasteiger partial charge >= 0.3 is 6.03 Å². The number of benzene rings is 2. The average Bonchev–Trinajstić information content (AvgIpc) is 2.62. The first-order valence-electron chi connectivity index (χ1n) is 8.50. The lowest BCUT2D eigenvalue weighted by atomic mass is 10.1. The lowest BCUT2D eigenvalue weighted by molar-refractivity contribution is 0.119.